The van der Waals surface area contributed by atoms with Crippen LogP contribution < -0.4 is 9.80 Å². The third-order valence-corrected chi connectivity index (χ3v) is 19.0. The Bertz CT molecular complexity index is 5060. The number of fused-ring (bicyclic) bond motifs is 9. The highest BCUT2D eigenvalue weighted by molar-refractivity contribution is 6.10. The summed E-state index contributed by atoms with van der Waals surface area (Å²) in [4.78, 5) is 4.99. The maximum Gasteiger partial charge on any atom is 0.0714 e. The van der Waals surface area contributed by atoms with Gasteiger partial charge in [-0.15, -0.1) is 0 Å². The van der Waals surface area contributed by atoms with Crippen molar-refractivity contribution in [1.29, 1.82) is 0 Å². The molecule has 2 heteroatoms. The summed E-state index contributed by atoms with van der Waals surface area (Å²) in [6.45, 7) is 0. The van der Waals surface area contributed by atoms with E-state index >= 15 is 0 Å². The van der Waals surface area contributed by atoms with Crippen LogP contribution in [0.25, 0.3) is 65.7 Å². The van der Waals surface area contributed by atoms with Crippen LogP contribution in [0.5, 0.6) is 0 Å². The van der Waals surface area contributed by atoms with Gasteiger partial charge in [0.05, 0.1) is 27.9 Å². The van der Waals surface area contributed by atoms with Crippen molar-refractivity contribution in [3.8, 4) is 33.4 Å². The highest BCUT2D eigenvalue weighted by Crippen LogP contribution is 2.60. The molecule has 0 aliphatic heterocycles. The van der Waals surface area contributed by atoms with Crippen molar-refractivity contribution >= 4 is 66.4 Å². The normalized spacial score (nSPS) is 13.2. The molecule has 2 nitrogen and oxygen atoms in total. The van der Waals surface area contributed by atoms with E-state index in [9.17, 15) is 0 Å². The van der Waals surface area contributed by atoms with Crippen molar-refractivity contribution in [2.24, 2.45) is 0 Å². The van der Waals surface area contributed by atoms with Gasteiger partial charge in [0.2, 0.25) is 0 Å². The number of hydrogen-bond donors (Lipinski definition) is 0. The third-order valence-electron chi connectivity index (χ3n) is 19.0. The lowest BCUT2D eigenvalue weighted by Crippen LogP contribution is -2.28. The molecule has 0 saturated heterocycles. The molecule has 2 aliphatic carbocycles. The summed E-state index contributed by atoms with van der Waals surface area (Å²) in [7, 11) is 0. The number of rotatable bonds is 11. The first kappa shape index (κ1) is 51.1. The number of benzene rings is 15. The summed E-state index contributed by atoms with van der Waals surface area (Å²) in [6.07, 6.45) is 0. The summed E-state index contributed by atoms with van der Waals surface area (Å²) < 4.78 is 0. The Balaban J connectivity index is 0.833. The fourth-order valence-electron chi connectivity index (χ4n) is 15.3. The minimum absolute atomic E-state index is 0.545. The second kappa shape index (κ2) is 20.7. The zero-order valence-electron chi connectivity index (χ0n) is 48.4. The van der Waals surface area contributed by atoms with Crippen LogP contribution in [-0.4, -0.2) is 0 Å². The molecule has 412 valence electrons. The largest absolute Gasteiger partial charge is 0.310 e. The maximum atomic E-state index is 2.52. The van der Waals surface area contributed by atoms with Crippen LogP contribution in [0, 0.1) is 0 Å². The van der Waals surface area contributed by atoms with Gasteiger partial charge < -0.3 is 9.80 Å². The SMILES string of the molecule is c1ccc(C2(c3ccccc3)c3ccccc3-c3ccc(N(c4ccc(-c5ccc(N(c6ccc7c(c6)C(c6ccccc6)(c6ccccc6)c6ccccc6-7)c6cccc7ccccc67)c6ccccc56)cc4)c4cccc5ccccc45)cc32)cc1. The van der Waals surface area contributed by atoms with Crippen molar-refractivity contribution in [2.45, 2.75) is 10.8 Å². The fraction of sp³-hybridized carbons (Fsp3) is 0.0233. The minimum Gasteiger partial charge on any atom is -0.310 e. The Hall–Kier alpha value is -11.3. The van der Waals surface area contributed by atoms with Gasteiger partial charge >= 0.3 is 0 Å². The zero-order valence-corrected chi connectivity index (χ0v) is 48.4. The fourth-order valence-corrected chi connectivity index (χ4v) is 15.3. The smallest absolute Gasteiger partial charge is 0.0714 e. The average Bonchev–Trinajstić information content (AvgIpc) is 1.58. The van der Waals surface area contributed by atoms with Crippen LogP contribution in [0.3, 0.4) is 0 Å². The van der Waals surface area contributed by atoms with Crippen molar-refractivity contribution < 1.29 is 0 Å². The van der Waals surface area contributed by atoms with Crippen LogP contribution in [0.4, 0.5) is 34.1 Å². The average molecular weight is 1120 g/mol. The summed E-state index contributed by atoms with van der Waals surface area (Å²) >= 11 is 0. The van der Waals surface area contributed by atoms with E-state index in [1.54, 1.807) is 0 Å². The molecule has 0 N–H and O–H groups in total. The first-order chi connectivity index (χ1) is 43.7. The van der Waals surface area contributed by atoms with E-state index in [0.29, 0.717) is 0 Å². The Morgan fingerprint density at radius 2 is 0.534 bits per heavy atom. The number of anilines is 6. The first-order valence-corrected chi connectivity index (χ1v) is 30.6. The summed E-state index contributed by atoms with van der Waals surface area (Å²) in [5.41, 5.74) is 23.0. The molecule has 0 spiro atoms. The van der Waals surface area contributed by atoms with Crippen LogP contribution in [0.15, 0.2) is 352 Å². The van der Waals surface area contributed by atoms with E-state index < -0.39 is 10.8 Å². The van der Waals surface area contributed by atoms with Gasteiger partial charge in [0, 0.05) is 33.2 Å². The van der Waals surface area contributed by atoms with Gasteiger partial charge in [0.15, 0.2) is 0 Å². The summed E-state index contributed by atoms with van der Waals surface area (Å²) in [5, 5.41) is 7.10. The molecule has 17 rings (SSSR count). The lowest BCUT2D eigenvalue weighted by atomic mass is 9.67. The van der Waals surface area contributed by atoms with Gasteiger partial charge in [-0.2, -0.15) is 0 Å². The molecule has 0 fully saturated rings. The topological polar surface area (TPSA) is 6.48 Å². The van der Waals surface area contributed by atoms with Crippen molar-refractivity contribution in [3.63, 3.8) is 0 Å². The molecule has 0 bridgehead atoms. The number of hydrogen-bond acceptors (Lipinski definition) is 2. The van der Waals surface area contributed by atoms with E-state index in [1.165, 1.54) is 99.3 Å². The highest BCUT2D eigenvalue weighted by atomic mass is 15.2. The van der Waals surface area contributed by atoms with Crippen molar-refractivity contribution in [2.75, 3.05) is 9.80 Å². The molecule has 0 heterocycles. The van der Waals surface area contributed by atoms with E-state index in [4.69, 9.17) is 0 Å². The van der Waals surface area contributed by atoms with Gasteiger partial charge in [-0.05, 0) is 149 Å². The third kappa shape index (κ3) is 7.75. The molecular formula is C86H58N2. The molecule has 0 amide bonds. The Morgan fingerprint density at radius 1 is 0.193 bits per heavy atom. The molecule has 0 aromatic heterocycles. The van der Waals surface area contributed by atoms with E-state index in [0.717, 1.165) is 45.1 Å². The minimum atomic E-state index is -0.558. The predicted octanol–water partition coefficient (Wildman–Crippen LogP) is 22.5. The standard InChI is InChI=1S/C86H58N2/c1-5-29-62(30-6-1)85(63-31-7-2-8-32-63)78-43-21-19-40-73(78)75-53-51-67(57-80(75)85)87(82-45-23-27-59-25-13-15-37-70(59)82)66-49-47-61(48-50-66)69-55-56-84(77-42-18-17-39-72(69)77)88(83-46-24-28-60-26-14-16-38-71(60)83)68-52-54-76-74-41-20-22-44-79(74)86(81(76)58-68,64-33-9-3-10-34-64)65-35-11-4-12-36-65/h1-58H. The van der Waals surface area contributed by atoms with Crippen LogP contribution in [0.2, 0.25) is 0 Å². The maximum absolute atomic E-state index is 2.52. The Morgan fingerprint density at radius 3 is 1.02 bits per heavy atom. The Kier molecular flexibility index (Phi) is 12.0. The van der Waals surface area contributed by atoms with E-state index in [2.05, 4.69) is 362 Å². The van der Waals surface area contributed by atoms with E-state index in [-0.39, 0.29) is 0 Å². The molecule has 15 aromatic carbocycles. The van der Waals surface area contributed by atoms with Gasteiger partial charge in [-0.25, -0.2) is 0 Å². The molecule has 88 heavy (non-hydrogen) atoms. The molecule has 2 aliphatic rings. The molecular weight excluding hydrogens is 1060 g/mol. The van der Waals surface area contributed by atoms with Gasteiger partial charge in [0.1, 0.15) is 0 Å². The predicted molar refractivity (Wildman–Crippen MR) is 368 cm³/mol. The van der Waals surface area contributed by atoms with Gasteiger partial charge in [-0.3, -0.25) is 0 Å². The molecule has 15 aromatic rings. The molecule has 0 atom stereocenters. The van der Waals surface area contributed by atoms with Crippen LogP contribution in [0.1, 0.15) is 44.5 Å². The van der Waals surface area contributed by atoms with Crippen LogP contribution in [-0.2, 0) is 10.8 Å². The van der Waals surface area contributed by atoms with Crippen LogP contribution >= 0.6 is 0 Å². The molecule has 0 unspecified atom stereocenters. The van der Waals surface area contributed by atoms with Crippen molar-refractivity contribution in [1.82, 2.24) is 0 Å². The van der Waals surface area contributed by atoms with E-state index in [1.807, 2.05) is 0 Å². The number of nitrogens with zero attached hydrogens (tertiary/aromatic N) is 2. The monoisotopic (exact) mass is 1120 g/mol. The molecule has 0 saturated carbocycles. The quantitative estimate of drug-likeness (QED) is 0.127. The first-order valence-electron chi connectivity index (χ1n) is 30.6. The second-order valence-electron chi connectivity index (χ2n) is 23.4. The lowest BCUT2D eigenvalue weighted by Gasteiger charge is -2.35. The van der Waals surface area contributed by atoms with Gasteiger partial charge in [0.25, 0.3) is 0 Å². The highest BCUT2D eigenvalue weighted by Gasteiger charge is 2.48. The summed E-state index contributed by atoms with van der Waals surface area (Å²) in [5.74, 6) is 0. The zero-order chi connectivity index (χ0) is 58.2. The lowest BCUT2D eigenvalue weighted by molar-refractivity contribution is 0.768. The van der Waals surface area contributed by atoms with Gasteiger partial charge in [-0.1, -0.05) is 297 Å². The summed E-state index contributed by atoms with van der Waals surface area (Å²) in [6, 6.07) is 131. The second-order valence-corrected chi connectivity index (χ2v) is 23.4. The molecule has 0 radical (unpaired) electrons. The van der Waals surface area contributed by atoms with Crippen molar-refractivity contribution in [3.05, 3.63) is 396 Å². The Labute approximate surface area is 513 Å².